The number of halogens is 4. The van der Waals surface area contributed by atoms with Crippen molar-refractivity contribution in [1.29, 1.82) is 0 Å². The fourth-order valence-electron chi connectivity index (χ4n) is 4.16. The number of ether oxygens (including phenoxy) is 4. The zero-order chi connectivity index (χ0) is 23.8. The molecule has 6 nitrogen and oxygen atoms in total. The summed E-state index contributed by atoms with van der Waals surface area (Å²) >= 11 is 0. The van der Waals surface area contributed by atoms with E-state index in [1.807, 2.05) is 0 Å². The zero-order valence-electron chi connectivity index (χ0n) is 18.0. The molecule has 33 heavy (non-hydrogen) atoms. The Labute approximate surface area is 188 Å². The molecule has 0 spiro atoms. The first-order valence-corrected chi connectivity index (χ1v) is 10.4. The average Bonchev–Trinajstić information content (AvgIpc) is 3.22. The molecular weight excluding hydrogens is 446 g/mol. The van der Waals surface area contributed by atoms with Crippen LogP contribution < -0.4 is 9.47 Å². The molecule has 2 saturated heterocycles. The van der Waals surface area contributed by atoms with Crippen LogP contribution in [0, 0.1) is 5.82 Å². The third-order valence-electron chi connectivity index (χ3n) is 6.02. The highest BCUT2D eigenvalue weighted by atomic mass is 19.4. The summed E-state index contributed by atoms with van der Waals surface area (Å²) in [5, 5.41) is 0. The number of amides is 1. The van der Waals surface area contributed by atoms with Crippen molar-refractivity contribution in [2.75, 3.05) is 27.0 Å². The lowest BCUT2D eigenvalue weighted by Crippen LogP contribution is -2.53. The van der Waals surface area contributed by atoms with Crippen LogP contribution in [0.25, 0.3) is 0 Å². The Morgan fingerprint density at radius 3 is 2.70 bits per heavy atom. The number of hydrogen-bond donors (Lipinski definition) is 0. The smallest absolute Gasteiger partial charge is 0.425 e. The fourth-order valence-corrected chi connectivity index (χ4v) is 4.16. The number of alkyl halides is 3. The minimum absolute atomic E-state index is 0.0171. The summed E-state index contributed by atoms with van der Waals surface area (Å²) < 4.78 is 74.0. The van der Waals surface area contributed by atoms with Gasteiger partial charge < -0.3 is 23.8 Å². The Balaban J connectivity index is 1.51. The van der Waals surface area contributed by atoms with Gasteiger partial charge in [0.05, 0.1) is 13.7 Å². The van der Waals surface area contributed by atoms with Crippen molar-refractivity contribution in [1.82, 2.24) is 4.90 Å². The highest BCUT2D eigenvalue weighted by Crippen LogP contribution is 2.43. The maximum absolute atomic E-state index is 13.8. The van der Waals surface area contributed by atoms with Crippen LogP contribution in [0.15, 0.2) is 42.5 Å². The first kappa shape index (κ1) is 23.3. The highest BCUT2D eigenvalue weighted by Gasteiger charge is 2.51. The minimum Gasteiger partial charge on any atom is -0.493 e. The number of fused-ring (bicyclic) bond motifs is 1. The van der Waals surface area contributed by atoms with Crippen LogP contribution in [-0.2, 0) is 15.1 Å². The Morgan fingerprint density at radius 1 is 1.21 bits per heavy atom. The number of rotatable bonds is 5. The monoisotopic (exact) mass is 469 g/mol. The summed E-state index contributed by atoms with van der Waals surface area (Å²) in [6.45, 7) is 1.45. The maximum atomic E-state index is 13.8. The Morgan fingerprint density at radius 2 is 2.00 bits per heavy atom. The third-order valence-corrected chi connectivity index (χ3v) is 6.02. The molecule has 2 aromatic rings. The van der Waals surface area contributed by atoms with Crippen LogP contribution >= 0.6 is 0 Å². The van der Waals surface area contributed by atoms with E-state index in [4.69, 9.17) is 18.9 Å². The van der Waals surface area contributed by atoms with E-state index in [1.54, 1.807) is 17.0 Å². The van der Waals surface area contributed by atoms with E-state index in [0.29, 0.717) is 18.5 Å². The summed E-state index contributed by atoms with van der Waals surface area (Å²) in [5.74, 6) is -0.824. The second-order valence-electron chi connectivity index (χ2n) is 7.99. The van der Waals surface area contributed by atoms with Gasteiger partial charge >= 0.3 is 6.18 Å². The molecule has 0 aliphatic carbocycles. The Kier molecular flexibility index (Phi) is 6.24. The van der Waals surface area contributed by atoms with Gasteiger partial charge in [0.25, 0.3) is 5.91 Å². The van der Waals surface area contributed by atoms with Gasteiger partial charge in [-0.25, -0.2) is 4.39 Å². The molecule has 2 aliphatic rings. The Hall–Kier alpha value is -2.85. The SMILES string of the molecule is COc1cc(C(=O)N2CCC3(c4cccc(F)c4)OCOC3C2)ccc1OC(C)C(F)(F)F. The van der Waals surface area contributed by atoms with Crippen LogP contribution in [0.1, 0.15) is 29.3 Å². The number of carbonyl (C=O) groups excluding carboxylic acids is 1. The summed E-state index contributed by atoms with van der Waals surface area (Å²) in [6, 6.07) is 10.2. The normalized spacial score (nSPS) is 23.7. The van der Waals surface area contributed by atoms with Crippen LogP contribution in [0.3, 0.4) is 0 Å². The van der Waals surface area contributed by atoms with E-state index in [2.05, 4.69) is 0 Å². The van der Waals surface area contributed by atoms with Gasteiger partial charge in [0.1, 0.15) is 24.3 Å². The predicted octanol–water partition coefficient (Wildman–Crippen LogP) is 4.28. The highest BCUT2D eigenvalue weighted by molar-refractivity contribution is 5.95. The van der Waals surface area contributed by atoms with Gasteiger partial charge in [-0.2, -0.15) is 13.2 Å². The molecule has 3 atom stereocenters. The first-order chi connectivity index (χ1) is 15.6. The molecule has 2 heterocycles. The second-order valence-corrected chi connectivity index (χ2v) is 7.99. The lowest BCUT2D eigenvalue weighted by molar-refractivity contribution is -0.189. The quantitative estimate of drug-likeness (QED) is 0.612. The van der Waals surface area contributed by atoms with E-state index >= 15 is 0 Å². The number of hydrogen-bond acceptors (Lipinski definition) is 5. The number of piperidine rings is 1. The second kappa shape index (κ2) is 8.83. The van der Waals surface area contributed by atoms with Gasteiger partial charge in [0, 0.05) is 18.5 Å². The van der Waals surface area contributed by atoms with Crippen molar-refractivity contribution in [3.05, 3.63) is 59.4 Å². The van der Waals surface area contributed by atoms with Crippen LogP contribution in [-0.4, -0.2) is 56.2 Å². The van der Waals surface area contributed by atoms with Crippen molar-refractivity contribution in [2.24, 2.45) is 0 Å². The number of likely N-dealkylation sites (tertiary alicyclic amines) is 1. The van der Waals surface area contributed by atoms with E-state index < -0.39 is 24.0 Å². The molecule has 0 saturated carbocycles. The number of benzene rings is 2. The molecule has 1 amide bonds. The van der Waals surface area contributed by atoms with Gasteiger partial charge in [-0.15, -0.1) is 0 Å². The predicted molar refractivity (Wildman–Crippen MR) is 109 cm³/mol. The van der Waals surface area contributed by atoms with Gasteiger partial charge in [0.15, 0.2) is 17.6 Å². The van der Waals surface area contributed by atoms with Gasteiger partial charge in [-0.05, 0) is 42.8 Å². The molecule has 0 aromatic heterocycles. The van der Waals surface area contributed by atoms with Crippen molar-refractivity contribution in [3.8, 4) is 11.5 Å². The van der Waals surface area contributed by atoms with Crippen molar-refractivity contribution in [3.63, 3.8) is 0 Å². The molecule has 2 aromatic carbocycles. The lowest BCUT2D eigenvalue weighted by atomic mass is 9.82. The summed E-state index contributed by atoms with van der Waals surface area (Å²) in [6.07, 6.45) is -6.67. The maximum Gasteiger partial charge on any atom is 0.425 e. The molecule has 0 N–H and O–H groups in total. The molecule has 2 aliphatic heterocycles. The standard InChI is InChI=1S/C23H23F4NO5/c1-14(23(25,26)27)33-18-7-6-15(10-19(18)30-2)21(29)28-9-8-22(20(12-28)31-13-32-22)16-4-3-5-17(24)11-16/h3-7,10-11,14,20H,8-9,12-13H2,1-2H3. The van der Waals surface area contributed by atoms with Crippen molar-refractivity contribution in [2.45, 2.75) is 37.3 Å². The van der Waals surface area contributed by atoms with Gasteiger partial charge in [0.2, 0.25) is 0 Å². The molecule has 2 fully saturated rings. The molecule has 3 unspecified atom stereocenters. The molecule has 178 valence electrons. The first-order valence-electron chi connectivity index (χ1n) is 10.4. The van der Waals surface area contributed by atoms with Crippen LogP contribution in [0.5, 0.6) is 11.5 Å². The summed E-state index contributed by atoms with van der Waals surface area (Å²) in [4.78, 5) is 14.7. The Bertz CT molecular complexity index is 1030. The number of nitrogens with zero attached hydrogens (tertiary/aromatic N) is 1. The molecule has 0 radical (unpaired) electrons. The molecular formula is C23H23F4NO5. The minimum atomic E-state index is -4.54. The van der Waals surface area contributed by atoms with Crippen molar-refractivity contribution < 1.29 is 41.3 Å². The summed E-state index contributed by atoms with van der Waals surface area (Å²) in [7, 11) is 1.28. The topological polar surface area (TPSA) is 57.2 Å². The van der Waals surface area contributed by atoms with E-state index in [9.17, 15) is 22.4 Å². The van der Waals surface area contributed by atoms with Gasteiger partial charge in [-0.3, -0.25) is 4.79 Å². The van der Waals surface area contributed by atoms with E-state index in [1.165, 1.54) is 37.4 Å². The fraction of sp³-hybridized carbons (Fsp3) is 0.435. The molecule has 10 heteroatoms. The van der Waals surface area contributed by atoms with Crippen LogP contribution in [0.2, 0.25) is 0 Å². The molecule has 4 rings (SSSR count). The zero-order valence-corrected chi connectivity index (χ0v) is 18.0. The van der Waals surface area contributed by atoms with E-state index in [0.717, 1.165) is 6.92 Å². The largest absolute Gasteiger partial charge is 0.493 e. The number of carbonyl (C=O) groups is 1. The number of methoxy groups -OCH3 is 1. The summed E-state index contributed by atoms with van der Waals surface area (Å²) in [5.41, 5.74) is 0.0391. The van der Waals surface area contributed by atoms with Crippen LogP contribution in [0.4, 0.5) is 17.6 Å². The van der Waals surface area contributed by atoms with Gasteiger partial charge in [-0.1, -0.05) is 12.1 Å². The molecule has 0 bridgehead atoms. The van der Waals surface area contributed by atoms with E-state index in [-0.39, 0.29) is 42.1 Å². The lowest BCUT2D eigenvalue weighted by Gasteiger charge is -2.42. The van der Waals surface area contributed by atoms with Crippen molar-refractivity contribution >= 4 is 5.91 Å². The third kappa shape index (κ3) is 4.49. The average molecular weight is 469 g/mol.